The summed E-state index contributed by atoms with van der Waals surface area (Å²) in [6, 6.07) is 2.68. The third kappa shape index (κ3) is 3.43. The highest BCUT2D eigenvalue weighted by molar-refractivity contribution is 7.89. The monoisotopic (exact) mass is 334 g/mol. The zero-order valence-electron chi connectivity index (χ0n) is 10.2. The summed E-state index contributed by atoms with van der Waals surface area (Å²) in [5.74, 6) is 0.683. The van der Waals surface area contributed by atoms with Crippen molar-refractivity contribution in [1.29, 1.82) is 0 Å². The number of benzene rings is 1. The lowest BCUT2D eigenvalue weighted by Gasteiger charge is -2.10. The van der Waals surface area contributed by atoms with E-state index in [0.29, 0.717) is 12.2 Å². The van der Waals surface area contributed by atoms with Crippen LogP contribution in [0.1, 0.15) is 5.82 Å². The topological polar surface area (TPSA) is 101 Å². The van der Waals surface area contributed by atoms with Gasteiger partial charge in [0.2, 0.25) is 10.0 Å². The summed E-state index contributed by atoms with van der Waals surface area (Å²) < 4.78 is 26.7. The number of nitrogens with one attached hydrogen (secondary N) is 2. The van der Waals surface area contributed by atoms with Crippen LogP contribution in [0.4, 0.5) is 5.69 Å². The minimum atomic E-state index is -3.80. The molecule has 6 nitrogen and oxygen atoms in total. The predicted octanol–water partition coefficient (Wildman–Crippen LogP) is 1.82. The predicted molar refractivity (Wildman–Crippen MR) is 78.4 cm³/mol. The second kappa shape index (κ2) is 6.01. The first-order valence-corrected chi connectivity index (χ1v) is 7.86. The van der Waals surface area contributed by atoms with Crippen molar-refractivity contribution >= 4 is 38.9 Å². The molecule has 9 heteroatoms. The zero-order chi connectivity index (χ0) is 14.8. The Kier molecular flexibility index (Phi) is 4.54. The molecule has 1 heterocycles. The summed E-state index contributed by atoms with van der Waals surface area (Å²) in [5.41, 5.74) is 5.68. The van der Waals surface area contributed by atoms with Crippen molar-refractivity contribution in [3.8, 4) is 0 Å². The molecular weight excluding hydrogens is 323 g/mol. The van der Waals surface area contributed by atoms with Crippen molar-refractivity contribution in [3.63, 3.8) is 0 Å². The van der Waals surface area contributed by atoms with Gasteiger partial charge in [0.25, 0.3) is 0 Å². The Labute approximate surface area is 126 Å². The SMILES string of the molecule is Nc1cc(Cl)cc(Cl)c1S(=O)(=O)NCCc1ncc[nH]1. The number of aromatic amines is 1. The minimum absolute atomic E-state index is 0.00741. The maximum atomic E-state index is 12.2. The molecule has 0 aliphatic heterocycles. The Morgan fingerprint density at radius 3 is 2.70 bits per heavy atom. The first kappa shape index (κ1) is 15.1. The summed E-state index contributed by atoms with van der Waals surface area (Å²) >= 11 is 11.6. The van der Waals surface area contributed by atoms with Gasteiger partial charge < -0.3 is 10.7 Å². The smallest absolute Gasteiger partial charge is 0.244 e. The van der Waals surface area contributed by atoms with Gasteiger partial charge >= 0.3 is 0 Å². The number of sulfonamides is 1. The van der Waals surface area contributed by atoms with E-state index in [2.05, 4.69) is 14.7 Å². The largest absolute Gasteiger partial charge is 0.398 e. The average Bonchev–Trinajstić information content (AvgIpc) is 2.79. The van der Waals surface area contributed by atoms with E-state index in [0.717, 1.165) is 0 Å². The van der Waals surface area contributed by atoms with Crippen molar-refractivity contribution in [2.45, 2.75) is 11.3 Å². The number of nitrogens with zero attached hydrogens (tertiary/aromatic N) is 1. The maximum absolute atomic E-state index is 12.2. The molecule has 0 aliphatic carbocycles. The molecule has 0 saturated carbocycles. The number of halogens is 2. The van der Waals surface area contributed by atoms with Gasteiger partial charge in [0, 0.05) is 30.4 Å². The van der Waals surface area contributed by atoms with Crippen LogP contribution in [0.15, 0.2) is 29.4 Å². The number of rotatable bonds is 5. The normalized spacial score (nSPS) is 11.7. The Hall–Kier alpha value is -1.28. The van der Waals surface area contributed by atoms with Crippen LogP contribution in [-0.2, 0) is 16.4 Å². The molecule has 2 aromatic rings. The highest BCUT2D eigenvalue weighted by Gasteiger charge is 2.21. The summed E-state index contributed by atoms with van der Waals surface area (Å²) in [6.45, 7) is 0.175. The highest BCUT2D eigenvalue weighted by atomic mass is 35.5. The Bertz CT molecular complexity index is 678. The van der Waals surface area contributed by atoms with Crippen LogP contribution in [-0.4, -0.2) is 24.9 Å². The van der Waals surface area contributed by atoms with Crippen LogP contribution in [0.2, 0.25) is 10.0 Å². The number of anilines is 1. The molecule has 0 atom stereocenters. The van der Waals surface area contributed by atoms with Crippen LogP contribution >= 0.6 is 23.2 Å². The summed E-state index contributed by atoms with van der Waals surface area (Å²) in [7, 11) is -3.80. The van der Waals surface area contributed by atoms with Gasteiger partial charge in [-0.3, -0.25) is 0 Å². The lowest BCUT2D eigenvalue weighted by Crippen LogP contribution is -2.27. The average molecular weight is 335 g/mol. The molecule has 0 bridgehead atoms. The van der Waals surface area contributed by atoms with Gasteiger partial charge in [0.1, 0.15) is 10.7 Å². The minimum Gasteiger partial charge on any atom is -0.398 e. The molecular formula is C11H12Cl2N4O2S. The van der Waals surface area contributed by atoms with E-state index in [1.54, 1.807) is 12.4 Å². The van der Waals surface area contributed by atoms with Crippen LogP contribution in [0, 0.1) is 0 Å². The molecule has 0 fully saturated rings. The van der Waals surface area contributed by atoms with E-state index in [1.807, 2.05) is 0 Å². The zero-order valence-corrected chi connectivity index (χ0v) is 12.6. The quantitative estimate of drug-likeness (QED) is 0.726. The van der Waals surface area contributed by atoms with Crippen molar-refractivity contribution in [1.82, 2.24) is 14.7 Å². The Balaban J connectivity index is 2.14. The van der Waals surface area contributed by atoms with Gasteiger partial charge in [-0.05, 0) is 12.1 Å². The maximum Gasteiger partial charge on any atom is 0.244 e. The molecule has 0 saturated heterocycles. The molecule has 1 aromatic carbocycles. The number of nitrogen functional groups attached to an aromatic ring is 1. The number of imidazole rings is 1. The van der Waals surface area contributed by atoms with E-state index in [1.165, 1.54) is 12.1 Å². The van der Waals surface area contributed by atoms with E-state index in [4.69, 9.17) is 28.9 Å². The standard InChI is InChI=1S/C11H12Cl2N4O2S/c12-7-5-8(13)11(9(14)6-7)20(18,19)17-2-1-10-15-3-4-16-10/h3-6,17H,1-2,14H2,(H,15,16). The molecule has 2 rings (SSSR count). The van der Waals surface area contributed by atoms with Crippen molar-refractivity contribution < 1.29 is 8.42 Å². The fourth-order valence-electron chi connectivity index (χ4n) is 1.67. The van der Waals surface area contributed by atoms with Gasteiger partial charge in [0.05, 0.1) is 10.7 Å². The van der Waals surface area contributed by atoms with Crippen molar-refractivity contribution in [3.05, 3.63) is 40.4 Å². The molecule has 20 heavy (non-hydrogen) atoms. The summed E-state index contributed by atoms with van der Waals surface area (Å²) in [5, 5.41) is 0.266. The first-order chi connectivity index (χ1) is 9.40. The molecule has 4 N–H and O–H groups in total. The second-order valence-corrected chi connectivity index (χ2v) is 6.54. The lowest BCUT2D eigenvalue weighted by molar-refractivity contribution is 0.581. The fourth-order valence-corrected chi connectivity index (χ4v) is 3.69. The highest BCUT2D eigenvalue weighted by Crippen LogP contribution is 2.30. The number of H-pyrrole nitrogens is 1. The Morgan fingerprint density at radius 2 is 2.10 bits per heavy atom. The van der Waals surface area contributed by atoms with Crippen LogP contribution < -0.4 is 10.5 Å². The fraction of sp³-hybridized carbons (Fsp3) is 0.182. The molecule has 0 aliphatic rings. The third-order valence-corrected chi connectivity index (χ3v) is 4.72. The van der Waals surface area contributed by atoms with Gasteiger partial charge in [-0.2, -0.15) is 0 Å². The van der Waals surface area contributed by atoms with E-state index in [9.17, 15) is 8.42 Å². The second-order valence-electron chi connectivity index (χ2n) is 3.99. The molecule has 0 spiro atoms. The van der Waals surface area contributed by atoms with Gasteiger partial charge in [0.15, 0.2) is 0 Å². The van der Waals surface area contributed by atoms with E-state index >= 15 is 0 Å². The van der Waals surface area contributed by atoms with Crippen molar-refractivity contribution in [2.24, 2.45) is 0 Å². The van der Waals surface area contributed by atoms with Crippen LogP contribution in [0.5, 0.6) is 0 Å². The van der Waals surface area contributed by atoms with Crippen LogP contribution in [0.25, 0.3) is 0 Å². The molecule has 108 valence electrons. The lowest BCUT2D eigenvalue weighted by atomic mass is 10.3. The van der Waals surface area contributed by atoms with Gasteiger partial charge in [-0.25, -0.2) is 18.1 Å². The van der Waals surface area contributed by atoms with E-state index < -0.39 is 10.0 Å². The molecule has 1 aromatic heterocycles. The summed E-state index contributed by atoms with van der Waals surface area (Å²) in [6.07, 6.45) is 3.69. The number of hydrogen-bond donors (Lipinski definition) is 3. The number of hydrogen-bond acceptors (Lipinski definition) is 4. The first-order valence-electron chi connectivity index (χ1n) is 5.62. The summed E-state index contributed by atoms with van der Waals surface area (Å²) in [4.78, 5) is 6.71. The molecule has 0 amide bonds. The molecule has 0 unspecified atom stereocenters. The molecule has 0 radical (unpaired) electrons. The number of aromatic nitrogens is 2. The van der Waals surface area contributed by atoms with Crippen LogP contribution in [0.3, 0.4) is 0 Å². The Morgan fingerprint density at radius 1 is 1.35 bits per heavy atom. The van der Waals surface area contributed by atoms with Gasteiger partial charge in [-0.1, -0.05) is 23.2 Å². The van der Waals surface area contributed by atoms with Gasteiger partial charge in [-0.15, -0.1) is 0 Å². The number of nitrogens with two attached hydrogens (primary N) is 1. The van der Waals surface area contributed by atoms with E-state index in [-0.39, 0.29) is 27.2 Å². The van der Waals surface area contributed by atoms with Crippen molar-refractivity contribution in [2.75, 3.05) is 12.3 Å². The third-order valence-electron chi connectivity index (χ3n) is 2.51.